The van der Waals surface area contributed by atoms with Gasteiger partial charge < -0.3 is 0 Å². The van der Waals surface area contributed by atoms with E-state index in [1.54, 1.807) is 103 Å². The van der Waals surface area contributed by atoms with Crippen LogP contribution in [0.2, 0.25) is 0 Å². The number of hydrogen-bond acceptors (Lipinski definition) is 10. The van der Waals surface area contributed by atoms with Crippen molar-refractivity contribution < 1.29 is 42.9 Å². The number of benzene rings is 3. The van der Waals surface area contributed by atoms with Crippen LogP contribution >= 0.6 is 0 Å². The van der Waals surface area contributed by atoms with E-state index in [2.05, 4.69) is 4.98 Å². The first-order valence-corrected chi connectivity index (χ1v) is 15.3. The third kappa shape index (κ3) is 7.26. The van der Waals surface area contributed by atoms with Crippen LogP contribution in [-0.2, 0) is 23.7 Å². The molecule has 220 valence electrons. The Morgan fingerprint density at radius 3 is 1.74 bits per heavy atom. The topological polar surface area (TPSA) is 127 Å². The molecule has 1 aromatic heterocycles. The molecule has 11 heteroatoms. The fraction of sp³-hybridized carbons (Fsp3) is 0.219. The normalized spacial score (nSPS) is 19.3. The molecule has 0 saturated carbocycles. The van der Waals surface area contributed by atoms with Crippen LogP contribution in [0.25, 0.3) is 0 Å². The molecule has 0 aliphatic carbocycles. The van der Waals surface area contributed by atoms with Crippen LogP contribution in [0.3, 0.4) is 0 Å². The van der Waals surface area contributed by atoms with E-state index in [-0.39, 0.29) is 30.0 Å². The van der Waals surface area contributed by atoms with Gasteiger partial charge in [-0.3, -0.25) is 0 Å². The van der Waals surface area contributed by atoms with Crippen LogP contribution < -0.4 is 0 Å². The second-order valence-electron chi connectivity index (χ2n) is 9.32. The maximum absolute atomic E-state index is 13.3. The fourth-order valence-electron chi connectivity index (χ4n) is 4.40. The summed E-state index contributed by atoms with van der Waals surface area (Å²) in [5.74, 6) is -2.55. The molecule has 0 unspecified atom stereocenters. The third-order valence-corrected chi connectivity index (χ3v) is 8.35. The summed E-state index contributed by atoms with van der Waals surface area (Å²) in [5, 5.41) is 0. The number of ether oxygens (including phenoxy) is 5. The van der Waals surface area contributed by atoms with Gasteiger partial charge in [0.2, 0.25) is 0 Å². The van der Waals surface area contributed by atoms with E-state index in [0.29, 0.717) is 10.1 Å². The van der Waals surface area contributed by atoms with Crippen LogP contribution in [0.1, 0.15) is 59.2 Å². The first-order chi connectivity index (χ1) is 20.9. The Kier molecular flexibility index (Phi) is 9.78. The Morgan fingerprint density at radius 1 is 0.698 bits per heavy atom. The van der Waals surface area contributed by atoms with E-state index in [9.17, 15) is 19.2 Å². The average Bonchev–Trinajstić information content (AvgIpc) is 3.66. The van der Waals surface area contributed by atoms with Gasteiger partial charge in [0.15, 0.2) is 0 Å². The van der Waals surface area contributed by atoms with Gasteiger partial charge in [-0.1, -0.05) is 0 Å². The molecule has 1 aliphatic rings. The zero-order valence-corrected chi connectivity index (χ0v) is 24.7. The first-order valence-electron chi connectivity index (χ1n) is 13.5. The monoisotopic (exact) mass is 649 g/mol. The molecule has 4 atom stereocenters. The summed E-state index contributed by atoms with van der Waals surface area (Å²) >= 11 is -0.465. The zero-order valence-electron chi connectivity index (χ0n) is 23.0. The van der Waals surface area contributed by atoms with Crippen LogP contribution in [-0.4, -0.2) is 74.9 Å². The number of carbonyl (C=O) groups is 4. The Hall–Kier alpha value is -4.57. The molecule has 2 heterocycles. The molecular formula is C32H27NO9Se. The molecule has 0 spiro atoms. The van der Waals surface area contributed by atoms with Gasteiger partial charge in [0, 0.05) is 0 Å². The van der Waals surface area contributed by atoms with Gasteiger partial charge in [-0.05, 0) is 0 Å². The number of nitrogens with zero attached hydrogens (tertiary/aromatic N) is 1. The van der Waals surface area contributed by atoms with Crippen LogP contribution in [0.15, 0.2) is 95.9 Å². The summed E-state index contributed by atoms with van der Waals surface area (Å²) in [5.41, 5.74) is 0.990. The molecule has 43 heavy (non-hydrogen) atoms. The summed E-state index contributed by atoms with van der Waals surface area (Å²) in [6, 6.07) is 25.0. The van der Waals surface area contributed by atoms with Crippen LogP contribution in [0.4, 0.5) is 0 Å². The quantitative estimate of drug-likeness (QED) is 0.141. The van der Waals surface area contributed by atoms with Crippen molar-refractivity contribution in [2.24, 2.45) is 0 Å². The Morgan fingerprint density at radius 2 is 1.21 bits per heavy atom. The molecular weight excluding hydrogens is 621 g/mol. The predicted molar refractivity (Wildman–Crippen MR) is 153 cm³/mol. The van der Waals surface area contributed by atoms with E-state index < -0.39 is 62.8 Å². The van der Waals surface area contributed by atoms with Crippen molar-refractivity contribution in [2.45, 2.75) is 31.3 Å². The number of aromatic nitrogens is 1. The molecule has 1 aliphatic heterocycles. The average molecular weight is 649 g/mol. The van der Waals surface area contributed by atoms with Crippen LogP contribution in [0, 0.1) is 0 Å². The fourth-order valence-corrected chi connectivity index (χ4v) is 6.19. The molecule has 1 fully saturated rings. The van der Waals surface area contributed by atoms with Gasteiger partial charge in [0.25, 0.3) is 0 Å². The minimum atomic E-state index is -1.18. The van der Waals surface area contributed by atoms with Gasteiger partial charge >= 0.3 is 254 Å². The Balaban J connectivity index is 1.47. The van der Waals surface area contributed by atoms with Crippen molar-refractivity contribution in [3.63, 3.8) is 0 Å². The van der Waals surface area contributed by atoms with Gasteiger partial charge in [-0.15, -0.1) is 0 Å². The molecule has 1 saturated heterocycles. The van der Waals surface area contributed by atoms with Gasteiger partial charge in [0.1, 0.15) is 0 Å². The number of rotatable bonds is 10. The molecule has 0 amide bonds. The van der Waals surface area contributed by atoms with E-state index in [0.717, 1.165) is 0 Å². The standard InChI is InChI=1S/C32H27NO9Se/c1-2-38-32(37)23-19-43-28(33-23)27-26(42-31(36)22-16-10-5-11-17-22)25(41-30(35)21-14-8-4-9-15-21)24(40-27)18-39-29(34)20-12-6-3-7-13-20/h3-17,19,24-27H,2,18H2,1H3/t24-,25-,26-,27-/m1/s1. The second-order valence-corrected chi connectivity index (χ2v) is 11.2. The van der Waals surface area contributed by atoms with Gasteiger partial charge in [-0.25, -0.2) is 0 Å². The molecule has 10 nitrogen and oxygen atoms in total. The number of hydrogen-bond donors (Lipinski definition) is 0. The van der Waals surface area contributed by atoms with E-state index >= 15 is 0 Å². The van der Waals surface area contributed by atoms with Crippen molar-refractivity contribution in [2.75, 3.05) is 13.2 Å². The zero-order chi connectivity index (χ0) is 30.2. The van der Waals surface area contributed by atoms with Crippen molar-refractivity contribution >= 4 is 38.4 Å². The maximum atomic E-state index is 13.3. The third-order valence-electron chi connectivity index (χ3n) is 6.45. The van der Waals surface area contributed by atoms with Gasteiger partial charge in [0.05, 0.1) is 0 Å². The molecule has 0 bridgehead atoms. The van der Waals surface area contributed by atoms with E-state index in [1.807, 2.05) is 0 Å². The van der Waals surface area contributed by atoms with Crippen LogP contribution in [0.5, 0.6) is 0 Å². The van der Waals surface area contributed by atoms with Crippen molar-refractivity contribution in [1.29, 1.82) is 0 Å². The van der Waals surface area contributed by atoms with Gasteiger partial charge in [-0.2, -0.15) is 0 Å². The van der Waals surface area contributed by atoms with Crippen molar-refractivity contribution in [3.8, 4) is 0 Å². The molecule has 0 radical (unpaired) electrons. The van der Waals surface area contributed by atoms with E-state index in [4.69, 9.17) is 23.7 Å². The molecule has 3 aromatic carbocycles. The summed E-state index contributed by atoms with van der Waals surface area (Å²) in [6.07, 6.45) is -4.37. The summed E-state index contributed by atoms with van der Waals surface area (Å²) in [4.78, 5) is 57.7. The molecule has 0 N–H and O–H groups in total. The van der Waals surface area contributed by atoms with E-state index in [1.165, 1.54) is 0 Å². The van der Waals surface area contributed by atoms with Crippen molar-refractivity contribution in [3.05, 3.63) is 123 Å². The summed E-state index contributed by atoms with van der Waals surface area (Å²) < 4.78 is 29.2. The first kappa shape index (κ1) is 29.9. The minimum absolute atomic E-state index is 0.116. The Bertz CT molecular complexity index is 1560. The molecule has 5 rings (SSSR count). The summed E-state index contributed by atoms with van der Waals surface area (Å²) in [6.45, 7) is 1.56. The Labute approximate surface area is 253 Å². The molecule has 4 aromatic rings. The van der Waals surface area contributed by atoms with Crippen molar-refractivity contribution in [1.82, 2.24) is 4.98 Å². The second kappa shape index (κ2) is 14.1. The number of esters is 4. The number of carbonyl (C=O) groups excluding carboxylic acids is 4. The summed E-state index contributed by atoms with van der Waals surface area (Å²) in [7, 11) is 0. The SMILES string of the molecule is CCOC(=O)c1c[se]c([C@@H]2O[C@H](COC(=O)c3ccccc3)[C@@H](OC(=O)c3ccccc3)[C@H]2OC(=O)c2ccccc2)n1. The predicted octanol–water partition coefficient (Wildman–Crippen LogP) is 4.06.